The van der Waals surface area contributed by atoms with Gasteiger partial charge in [-0.15, -0.1) is 0 Å². The van der Waals surface area contributed by atoms with Crippen molar-refractivity contribution in [3.05, 3.63) is 0 Å². The topological polar surface area (TPSA) is 66.6 Å². The Kier molecular flexibility index (Phi) is 6.68. The van der Waals surface area contributed by atoms with E-state index in [1.165, 1.54) is 25.7 Å². The van der Waals surface area contributed by atoms with Crippen LogP contribution in [0.25, 0.3) is 0 Å². The second-order valence-electron chi connectivity index (χ2n) is 6.97. The lowest BCUT2D eigenvalue weighted by Gasteiger charge is -2.35. The minimum atomic E-state index is 0.0717. The fourth-order valence-electron chi connectivity index (χ4n) is 3.50. The molecular weight excluding hydrogens is 278 g/mol. The van der Waals surface area contributed by atoms with Crippen molar-refractivity contribution in [1.82, 2.24) is 9.80 Å². The summed E-state index contributed by atoms with van der Waals surface area (Å²) in [5, 5.41) is 0. The SMILES string of the molecule is CC(N)CCC(=O)N1CCN(C(=O)CCC2CCCC2)CC1. The molecule has 2 N–H and O–H groups in total. The van der Waals surface area contributed by atoms with Crippen LogP contribution in [0.2, 0.25) is 0 Å². The van der Waals surface area contributed by atoms with Crippen molar-refractivity contribution in [1.29, 1.82) is 0 Å². The van der Waals surface area contributed by atoms with Crippen molar-refractivity contribution in [3.8, 4) is 0 Å². The Bertz CT molecular complexity index is 370. The summed E-state index contributed by atoms with van der Waals surface area (Å²) in [5.41, 5.74) is 5.69. The quantitative estimate of drug-likeness (QED) is 0.813. The van der Waals surface area contributed by atoms with E-state index in [4.69, 9.17) is 5.73 Å². The lowest BCUT2D eigenvalue weighted by atomic mass is 10.0. The number of piperazine rings is 1. The first-order chi connectivity index (χ1) is 10.6. The van der Waals surface area contributed by atoms with Crippen LogP contribution in [0.15, 0.2) is 0 Å². The highest BCUT2D eigenvalue weighted by molar-refractivity contribution is 5.78. The van der Waals surface area contributed by atoms with Gasteiger partial charge in [0.15, 0.2) is 0 Å². The number of nitrogens with zero attached hydrogens (tertiary/aromatic N) is 2. The van der Waals surface area contributed by atoms with Crippen LogP contribution < -0.4 is 5.73 Å². The molecule has 0 aromatic heterocycles. The van der Waals surface area contributed by atoms with Gasteiger partial charge in [-0.2, -0.15) is 0 Å². The van der Waals surface area contributed by atoms with Crippen molar-refractivity contribution in [3.63, 3.8) is 0 Å². The Hall–Kier alpha value is -1.10. The number of amides is 2. The van der Waals surface area contributed by atoms with E-state index in [2.05, 4.69) is 0 Å². The summed E-state index contributed by atoms with van der Waals surface area (Å²) in [6.45, 7) is 4.65. The average Bonchev–Trinajstić information content (AvgIpc) is 3.03. The second kappa shape index (κ2) is 8.51. The molecule has 0 bridgehead atoms. The third-order valence-corrected chi connectivity index (χ3v) is 5.04. The second-order valence-corrected chi connectivity index (χ2v) is 6.97. The molecule has 2 amide bonds. The maximum atomic E-state index is 12.3. The molecule has 0 aromatic carbocycles. The fraction of sp³-hybridized carbons (Fsp3) is 0.882. The van der Waals surface area contributed by atoms with E-state index in [1.807, 2.05) is 16.7 Å². The Morgan fingerprint density at radius 1 is 1.00 bits per heavy atom. The Balaban J connectivity index is 1.65. The first kappa shape index (κ1) is 17.3. The van der Waals surface area contributed by atoms with Crippen LogP contribution in [0, 0.1) is 5.92 Å². The van der Waals surface area contributed by atoms with Crippen molar-refractivity contribution < 1.29 is 9.59 Å². The minimum absolute atomic E-state index is 0.0717. The van der Waals surface area contributed by atoms with Crippen molar-refractivity contribution in [2.45, 2.75) is 64.3 Å². The summed E-state index contributed by atoms with van der Waals surface area (Å²) in [7, 11) is 0. The van der Waals surface area contributed by atoms with E-state index in [1.54, 1.807) is 0 Å². The smallest absolute Gasteiger partial charge is 0.222 e. The zero-order chi connectivity index (χ0) is 15.9. The molecule has 1 aliphatic heterocycles. The van der Waals surface area contributed by atoms with Crippen LogP contribution in [0.1, 0.15) is 58.3 Å². The van der Waals surface area contributed by atoms with Gasteiger partial charge in [-0.1, -0.05) is 25.7 Å². The molecule has 1 unspecified atom stereocenters. The van der Waals surface area contributed by atoms with Gasteiger partial charge in [0.2, 0.25) is 11.8 Å². The lowest BCUT2D eigenvalue weighted by molar-refractivity contribution is -0.139. The lowest BCUT2D eigenvalue weighted by Crippen LogP contribution is -2.50. The van der Waals surface area contributed by atoms with E-state index in [9.17, 15) is 9.59 Å². The summed E-state index contributed by atoms with van der Waals surface area (Å²) in [4.78, 5) is 28.1. The Morgan fingerprint density at radius 2 is 1.50 bits per heavy atom. The molecule has 1 aliphatic carbocycles. The van der Waals surface area contributed by atoms with Crippen molar-refractivity contribution in [2.75, 3.05) is 26.2 Å². The Labute approximate surface area is 134 Å². The number of rotatable bonds is 6. The van der Waals surface area contributed by atoms with Gasteiger partial charge < -0.3 is 15.5 Å². The van der Waals surface area contributed by atoms with Gasteiger partial charge in [0.25, 0.3) is 0 Å². The molecule has 0 spiro atoms. The number of carbonyl (C=O) groups is 2. The Morgan fingerprint density at radius 3 is 2.00 bits per heavy atom. The van der Waals surface area contributed by atoms with Gasteiger partial charge in [0.1, 0.15) is 0 Å². The van der Waals surface area contributed by atoms with Gasteiger partial charge in [0.05, 0.1) is 0 Å². The highest BCUT2D eigenvalue weighted by atomic mass is 16.2. The summed E-state index contributed by atoms with van der Waals surface area (Å²) in [6.07, 6.45) is 8.26. The zero-order valence-electron chi connectivity index (χ0n) is 13.9. The van der Waals surface area contributed by atoms with E-state index >= 15 is 0 Å². The molecule has 22 heavy (non-hydrogen) atoms. The number of hydrogen-bond donors (Lipinski definition) is 1. The maximum absolute atomic E-state index is 12.3. The molecule has 2 fully saturated rings. The highest BCUT2D eigenvalue weighted by Gasteiger charge is 2.24. The molecule has 1 saturated carbocycles. The van der Waals surface area contributed by atoms with Crippen LogP contribution in [0.3, 0.4) is 0 Å². The molecule has 126 valence electrons. The van der Waals surface area contributed by atoms with Crippen LogP contribution in [0.5, 0.6) is 0 Å². The summed E-state index contributed by atoms with van der Waals surface area (Å²) < 4.78 is 0. The van der Waals surface area contributed by atoms with E-state index in [0.717, 1.165) is 18.8 Å². The van der Waals surface area contributed by atoms with Gasteiger partial charge in [-0.25, -0.2) is 0 Å². The van der Waals surface area contributed by atoms with Gasteiger partial charge in [0, 0.05) is 45.1 Å². The van der Waals surface area contributed by atoms with Crippen molar-refractivity contribution >= 4 is 11.8 Å². The van der Waals surface area contributed by atoms with E-state index in [0.29, 0.717) is 39.0 Å². The molecule has 0 aromatic rings. The van der Waals surface area contributed by atoms with Gasteiger partial charge in [-0.3, -0.25) is 9.59 Å². The standard InChI is InChI=1S/C17H31N3O2/c1-14(18)6-8-16(21)19-10-12-20(13-11-19)17(22)9-7-15-4-2-3-5-15/h14-15H,2-13,18H2,1H3. The van der Waals surface area contributed by atoms with E-state index in [-0.39, 0.29) is 17.9 Å². The minimum Gasteiger partial charge on any atom is -0.339 e. The van der Waals surface area contributed by atoms with Crippen LogP contribution in [0.4, 0.5) is 0 Å². The van der Waals surface area contributed by atoms with Crippen LogP contribution in [-0.2, 0) is 9.59 Å². The molecular formula is C17H31N3O2. The molecule has 0 radical (unpaired) electrons. The maximum Gasteiger partial charge on any atom is 0.222 e. The molecule has 1 heterocycles. The van der Waals surface area contributed by atoms with Crippen molar-refractivity contribution in [2.24, 2.45) is 11.7 Å². The summed E-state index contributed by atoms with van der Waals surface area (Å²) in [5.74, 6) is 1.22. The molecule has 5 heteroatoms. The third kappa shape index (κ3) is 5.27. The van der Waals surface area contributed by atoms with Crippen LogP contribution in [-0.4, -0.2) is 53.8 Å². The number of nitrogens with two attached hydrogens (primary N) is 1. The average molecular weight is 309 g/mol. The highest BCUT2D eigenvalue weighted by Crippen LogP contribution is 2.28. The predicted molar refractivity (Wildman–Crippen MR) is 87.2 cm³/mol. The number of hydrogen-bond acceptors (Lipinski definition) is 3. The monoisotopic (exact) mass is 309 g/mol. The molecule has 5 nitrogen and oxygen atoms in total. The zero-order valence-corrected chi connectivity index (χ0v) is 13.9. The van der Waals surface area contributed by atoms with Crippen LogP contribution >= 0.6 is 0 Å². The first-order valence-electron chi connectivity index (χ1n) is 8.87. The van der Waals surface area contributed by atoms with Gasteiger partial charge >= 0.3 is 0 Å². The number of carbonyl (C=O) groups excluding carboxylic acids is 2. The molecule has 2 aliphatic rings. The largest absolute Gasteiger partial charge is 0.339 e. The summed E-state index contributed by atoms with van der Waals surface area (Å²) >= 11 is 0. The summed E-state index contributed by atoms with van der Waals surface area (Å²) in [6, 6.07) is 0.0717. The van der Waals surface area contributed by atoms with Gasteiger partial charge in [-0.05, 0) is 25.7 Å². The normalized spacial score (nSPS) is 21.2. The molecule has 1 saturated heterocycles. The fourth-order valence-corrected chi connectivity index (χ4v) is 3.50. The molecule has 1 atom stereocenters. The predicted octanol–water partition coefficient (Wildman–Crippen LogP) is 1.75. The molecule has 2 rings (SSSR count). The first-order valence-corrected chi connectivity index (χ1v) is 8.87. The van der Waals surface area contributed by atoms with E-state index < -0.39 is 0 Å². The third-order valence-electron chi connectivity index (χ3n) is 5.04.